The molecule has 2 nitrogen and oxygen atoms in total. The first-order chi connectivity index (χ1) is 8.31. The van der Waals surface area contributed by atoms with Gasteiger partial charge in [-0.2, -0.15) is 0 Å². The van der Waals surface area contributed by atoms with Gasteiger partial charge >= 0.3 is 0 Å². The number of rotatable bonds is 4. The van der Waals surface area contributed by atoms with Gasteiger partial charge in [-0.15, -0.1) is 0 Å². The summed E-state index contributed by atoms with van der Waals surface area (Å²) in [4.78, 5) is 0. The lowest BCUT2D eigenvalue weighted by molar-refractivity contribution is 0.320. The van der Waals surface area contributed by atoms with Crippen LogP contribution >= 0.6 is 11.6 Å². The summed E-state index contributed by atoms with van der Waals surface area (Å²) >= 11 is 6.16. The molecular formula is C14H21ClN2. The van der Waals surface area contributed by atoms with Crippen LogP contribution in [0.3, 0.4) is 0 Å². The highest BCUT2D eigenvalue weighted by molar-refractivity contribution is 6.33. The van der Waals surface area contributed by atoms with Crippen LogP contribution in [0.5, 0.6) is 0 Å². The highest BCUT2D eigenvalue weighted by atomic mass is 35.5. The lowest BCUT2D eigenvalue weighted by Crippen LogP contribution is -2.37. The molecule has 0 bridgehead atoms. The van der Waals surface area contributed by atoms with E-state index >= 15 is 0 Å². The normalized spacial score (nSPS) is 18.9. The minimum atomic E-state index is 0.357. The Kier molecular flexibility index (Phi) is 4.69. The molecule has 3 heteroatoms. The van der Waals surface area contributed by atoms with Gasteiger partial charge in [-0.1, -0.05) is 43.0 Å². The van der Waals surface area contributed by atoms with Crippen LogP contribution in [0.25, 0.3) is 0 Å². The zero-order valence-electron chi connectivity index (χ0n) is 10.2. The van der Waals surface area contributed by atoms with E-state index in [1.165, 1.54) is 32.1 Å². The molecule has 0 radical (unpaired) electrons. The second kappa shape index (κ2) is 6.27. The van der Waals surface area contributed by atoms with E-state index in [0.29, 0.717) is 18.5 Å². The molecule has 1 aromatic rings. The average molecular weight is 253 g/mol. The Balaban J connectivity index is 2.01. The fourth-order valence-corrected chi connectivity index (χ4v) is 2.87. The second-order valence-electron chi connectivity index (χ2n) is 4.86. The van der Waals surface area contributed by atoms with Gasteiger partial charge in [0.2, 0.25) is 0 Å². The van der Waals surface area contributed by atoms with Crippen molar-refractivity contribution in [2.24, 2.45) is 11.7 Å². The number of benzene rings is 1. The van der Waals surface area contributed by atoms with E-state index in [2.05, 4.69) is 5.32 Å². The first-order valence-electron chi connectivity index (χ1n) is 6.52. The van der Waals surface area contributed by atoms with E-state index < -0.39 is 0 Å². The summed E-state index contributed by atoms with van der Waals surface area (Å²) in [5.41, 5.74) is 6.91. The van der Waals surface area contributed by atoms with Crippen LogP contribution in [0, 0.1) is 5.92 Å². The molecule has 0 amide bonds. The van der Waals surface area contributed by atoms with Gasteiger partial charge in [-0.05, 0) is 30.9 Å². The predicted molar refractivity (Wildman–Crippen MR) is 74.5 cm³/mol. The van der Waals surface area contributed by atoms with Crippen molar-refractivity contribution in [3.63, 3.8) is 0 Å². The molecule has 1 aliphatic rings. The highest BCUT2D eigenvalue weighted by Gasteiger charge is 2.22. The van der Waals surface area contributed by atoms with Gasteiger partial charge in [-0.25, -0.2) is 0 Å². The number of nitrogens with one attached hydrogen (secondary N) is 1. The van der Waals surface area contributed by atoms with E-state index in [4.69, 9.17) is 17.3 Å². The first kappa shape index (κ1) is 12.7. The van der Waals surface area contributed by atoms with Crippen molar-refractivity contribution in [2.45, 2.75) is 38.1 Å². The number of halogens is 1. The molecule has 94 valence electrons. The Bertz CT molecular complexity index is 348. The quantitative estimate of drug-likeness (QED) is 0.858. The minimum absolute atomic E-state index is 0.357. The molecule has 1 fully saturated rings. The van der Waals surface area contributed by atoms with E-state index in [1.807, 2.05) is 24.3 Å². The molecule has 1 saturated carbocycles. The van der Waals surface area contributed by atoms with E-state index in [0.717, 1.165) is 10.7 Å². The van der Waals surface area contributed by atoms with Crippen molar-refractivity contribution in [1.82, 2.24) is 0 Å². The summed E-state index contributed by atoms with van der Waals surface area (Å²) in [5, 5.41) is 4.29. The number of hydrogen-bond acceptors (Lipinski definition) is 2. The maximum Gasteiger partial charge on any atom is 0.0637 e. The molecule has 0 aliphatic heterocycles. The summed E-state index contributed by atoms with van der Waals surface area (Å²) in [6.45, 7) is 0.676. The smallest absolute Gasteiger partial charge is 0.0637 e. The van der Waals surface area contributed by atoms with Crippen LogP contribution in [-0.2, 0) is 0 Å². The number of hydrogen-bond donors (Lipinski definition) is 2. The van der Waals surface area contributed by atoms with Gasteiger partial charge in [0.05, 0.1) is 10.7 Å². The van der Waals surface area contributed by atoms with Crippen molar-refractivity contribution < 1.29 is 0 Å². The third kappa shape index (κ3) is 3.36. The second-order valence-corrected chi connectivity index (χ2v) is 5.27. The lowest BCUT2D eigenvalue weighted by atomic mass is 9.84. The van der Waals surface area contributed by atoms with E-state index in [9.17, 15) is 0 Å². The third-order valence-corrected chi connectivity index (χ3v) is 4.02. The molecule has 1 aromatic carbocycles. The van der Waals surface area contributed by atoms with Gasteiger partial charge in [0, 0.05) is 12.6 Å². The Morgan fingerprint density at radius 2 is 1.94 bits per heavy atom. The monoisotopic (exact) mass is 252 g/mol. The van der Waals surface area contributed by atoms with Crippen LogP contribution in [0.4, 0.5) is 5.69 Å². The number of para-hydroxylation sites is 1. The van der Waals surface area contributed by atoms with Gasteiger partial charge in [-0.3, -0.25) is 0 Å². The van der Waals surface area contributed by atoms with Gasteiger partial charge in [0.1, 0.15) is 0 Å². The van der Waals surface area contributed by atoms with Crippen LogP contribution in [-0.4, -0.2) is 12.6 Å². The Morgan fingerprint density at radius 1 is 1.24 bits per heavy atom. The minimum Gasteiger partial charge on any atom is -0.380 e. The fraction of sp³-hybridized carbons (Fsp3) is 0.571. The maximum atomic E-state index is 6.16. The van der Waals surface area contributed by atoms with Crippen LogP contribution < -0.4 is 11.1 Å². The Morgan fingerprint density at radius 3 is 2.59 bits per heavy atom. The van der Waals surface area contributed by atoms with Crippen LogP contribution in [0.2, 0.25) is 5.02 Å². The summed E-state index contributed by atoms with van der Waals surface area (Å²) in [6.07, 6.45) is 6.63. The van der Waals surface area contributed by atoms with Gasteiger partial charge in [0.15, 0.2) is 0 Å². The third-order valence-electron chi connectivity index (χ3n) is 3.69. The molecule has 0 spiro atoms. The molecule has 0 aromatic heterocycles. The van der Waals surface area contributed by atoms with Crippen molar-refractivity contribution in [2.75, 3.05) is 11.9 Å². The topological polar surface area (TPSA) is 38.0 Å². The van der Waals surface area contributed by atoms with Crippen LogP contribution in [0.1, 0.15) is 32.1 Å². The molecule has 1 atom stereocenters. The molecular weight excluding hydrogens is 232 g/mol. The number of nitrogens with two attached hydrogens (primary N) is 1. The average Bonchev–Trinajstić information content (AvgIpc) is 2.39. The molecule has 3 N–H and O–H groups in total. The van der Waals surface area contributed by atoms with Gasteiger partial charge in [0.25, 0.3) is 0 Å². The largest absolute Gasteiger partial charge is 0.380 e. The summed E-state index contributed by atoms with van der Waals surface area (Å²) in [6, 6.07) is 8.25. The Labute approximate surface area is 109 Å². The number of anilines is 1. The molecule has 1 unspecified atom stereocenters. The van der Waals surface area contributed by atoms with Gasteiger partial charge < -0.3 is 11.1 Å². The van der Waals surface area contributed by atoms with Crippen molar-refractivity contribution in [1.29, 1.82) is 0 Å². The standard InChI is InChI=1S/C14H21ClN2/c15-12-8-4-5-9-13(12)17-14(10-16)11-6-2-1-3-7-11/h4-5,8-9,11,14,17H,1-3,6-7,10,16H2. The van der Waals surface area contributed by atoms with E-state index in [-0.39, 0.29) is 0 Å². The zero-order valence-corrected chi connectivity index (χ0v) is 10.9. The predicted octanol–water partition coefficient (Wildman–Crippen LogP) is 3.66. The summed E-state index contributed by atoms with van der Waals surface area (Å²) < 4.78 is 0. The Hall–Kier alpha value is -0.730. The SMILES string of the molecule is NCC(Nc1ccccc1Cl)C1CCCCC1. The fourth-order valence-electron chi connectivity index (χ4n) is 2.68. The van der Waals surface area contributed by atoms with Crippen molar-refractivity contribution in [3.05, 3.63) is 29.3 Å². The van der Waals surface area contributed by atoms with Crippen LogP contribution in [0.15, 0.2) is 24.3 Å². The lowest BCUT2D eigenvalue weighted by Gasteiger charge is -2.31. The molecule has 2 rings (SSSR count). The maximum absolute atomic E-state index is 6.16. The summed E-state index contributed by atoms with van der Waals surface area (Å²) in [5.74, 6) is 0.699. The molecule has 0 saturated heterocycles. The highest BCUT2D eigenvalue weighted by Crippen LogP contribution is 2.29. The van der Waals surface area contributed by atoms with Crippen molar-refractivity contribution >= 4 is 17.3 Å². The van der Waals surface area contributed by atoms with E-state index in [1.54, 1.807) is 0 Å². The molecule has 0 heterocycles. The molecule has 17 heavy (non-hydrogen) atoms. The first-order valence-corrected chi connectivity index (χ1v) is 6.90. The zero-order chi connectivity index (χ0) is 12.1. The molecule has 1 aliphatic carbocycles. The summed E-state index contributed by atoms with van der Waals surface area (Å²) in [7, 11) is 0. The van der Waals surface area contributed by atoms with Crippen molar-refractivity contribution in [3.8, 4) is 0 Å².